The van der Waals surface area contributed by atoms with Crippen molar-refractivity contribution in [1.82, 2.24) is 4.98 Å². The Morgan fingerprint density at radius 1 is 1.41 bits per heavy atom. The van der Waals surface area contributed by atoms with Gasteiger partial charge in [-0.05, 0) is 30.0 Å². The third-order valence-corrected chi connectivity index (χ3v) is 3.91. The minimum atomic E-state index is 0.0525. The van der Waals surface area contributed by atoms with E-state index in [-0.39, 0.29) is 5.41 Å². The molecule has 116 valence electrons. The number of methoxy groups -OCH3 is 1. The topological polar surface area (TPSA) is 57.9 Å². The normalized spacial score (nSPS) is 11.4. The van der Waals surface area contributed by atoms with E-state index in [0.29, 0.717) is 17.2 Å². The van der Waals surface area contributed by atoms with Gasteiger partial charge in [-0.25, -0.2) is 0 Å². The lowest BCUT2D eigenvalue weighted by Gasteiger charge is -2.26. The molecule has 0 fully saturated rings. The summed E-state index contributed by atoms with van der Waals surface area (Å²) in [6, 6.07) is 7.70. The minimum Gasteiger partial charge on any atom is -0.385 e. The van der Waals surface area contributed by atoms with E-state index in [1.54, 1.807) is 19.4 Å². The highest BCUT2D eigenvalue weighted by atomic mass is 35.5. The van der Waals surface area contributed by atoms with Gasteiger partial charge in [0.25, 0.3) is 0 Å². The van der Waals surface area contributed by atoms with E-state index in [0.717, 1.165) is 29.6 Å². The van der Waals surface area contributed by atoms with Crippen molar-refractivity contribution >= 4 is 28.2 Å². The average Bonchev–Trinajstić information content (AvgIpc) is 2.50. The van der Waals surface area contributed by atoms with Crippen molar-refractivity contribution in [2.24, 2.45) is 5.41 Å². The van der Waals surface area contributed by atoms with E-state index in [9.17, 15) is 5.26 Å². The Morgan fingerprint density at radius 3 is 2.86 bits per heavy atom. The monoisotopic (exact) mass is 317 g/mol. The van der Waals surface area contributed by atoms with Crippen LogP contribution in [0.4, 0.5) is 5.69 Å². The highest BCUT2D eigenvalue weighted by Gasteiger charge is 2.19. The lowest BCUT2D eigenvalue weighted by Crippen LogP contribution is -2.25. The molecule has 0 atom stereocenters. The maximum atomic E-state index is 9.34. The molecule has 22 heavy (non-hydrogen) atoms. The van der Waals surface area contributed by atoms with Gasteiger partial charge < -0.3 is 10.1 Å². The zero-order chi connectivity index (χ0) is 16.2. The fraction of sp³-hybridized carbons (Fsp3) is 0.412. The number of pyridine rings is 1. The van der Waals surface area contributed by atoms with Crippen molar-refractivity contribution in [1.29, 1.82) is 5.26 Å². The molecular formula is C17H20ClN3O. The van der Waals surface area contributed by atoms with Gasteiger partial charge in [0.1, 0.15) is 6.07 Å². The summed E-state index contributed by atoms with van der Waals surface area (Å²) >= 11 is 6.09. The van der Waals surface area contributed by atoms with Crippen LogP contribution in [0, 0.1) is 16.7 Å². The van der Waals surface area contributed by atoms with Crippen LogP contribution < -0.4 is 5.32 Å². The molecular weight excluding hydrogens is 298 g/mol. The first-order valence-electron chi connectivity index (χ1n) is 7.18. The van der Waals surface area contributed by atoms with Crippen molar-refractivity contribution in [3.63, 3.8) is 0 Å². The molecule has 0 saturated carbocycles. The van der Waals surface area contributed by atoms with Gasteiger partial charge in [-0.2, -0.15) is 5.26 Å². The van der Waals surface area contributed by atoms with Gasteiger partial charge in [-0.15, -0.1) is 0 Å². The van der Waals surface area contributed by atoms with Crippen molar-refractivity contribution in [2.75, 3.05) is 25.6 Å². The van der Waals surface area contributed by atoms with E-state index >= 15 is 0 Å². The van der Waals surface area contributed by atoms with Crippen LogP contribution in [0.5, 0.6) is 0 Å². The summed E-state index contributed by atoms with van der Waals surface area (Å²) in [4.78, 5) is 4.31. The van der Waals surface area contributed by atoms with E-state index in [4.69, 9.17) is 16.3 Å². The van der Waals surface area contributed by atoms with Gasteiger partial charge in [0.2, 0.25) is 0 Å². The largest absolute Gasteiger partial charge is 0.385 e. The quantitative estimate of drug-likeness (QED) is 0.866. The third-order valence-electron chi connectivity index (χ3n) is 3.68. The first kappa shape index (κ1) is 16.5. The molecule has 2 rings (SSSR count). The van der Waals surface area contributed by atoms with Crippen molar-refractivity contribution in [2.45, 2.75) is 20.3 Å². The SMILES string of the molecule is COCCC(C)(C)CNc1c(C#N)cnc2ccc(Cl)cc12. The van der Waals surface area contributed by atoms with E-state index in [1.807, 2.05) is 12.1 Å². The molecule has 0 radical (unpaired) electrons. The third kappa shape index (κ3) is 3.88. The Kier molecular flexibility index (Phi) is 5.23. The van der Waals surface area contributed by atoms with Gasteiger partial charge in [0.05, 0.1) is 16.8 Å². The van der Waals surface area contributed by atoms with Crippen molar-refractivity contribution in [3.05, 3.63) is 35.0 Å². The van der Waals surface area contributed by atoms with E-state index < -0.39 is 0 Å². The molecule has 0 spiro atoms. The fourth-order valence-corrected chi connectivity index (χ4v) is 2.41. The maximum Gasteiger partial charge on any atom is 0.103 e. The zero-order valence-corrected chi connectivity index (χ0v) is 13.9. The summed E-state index contributed by atoms with van der Waals surface area (Å²) in [5, 5.41) is 14.2. The molecule has 5 heteroatoms. The van der Waals surface area contributed by atoms with Gasteiger partial charge in [0.15, 0.2) is 0 Å². The molecule has 1 N–H and O–H groups in total. The van der Waals surface area contributed by atoms with Gasteiger partial charge in [0, 0.05) is 36.9 Å². The number of nitrogens with zero attached hydrogens (tertiary/aromatic N) is 2. The second-order valence-electron chi connectivity index (χ2n) is 6.08. The Hall–Kier alpha value is -1.83. The molecule has 0 amide bonds. The minimum absolute atomic E-state index is 0.0525. The Bertz CT molecular complexity index is 707. The number of hydrogen-bond acceptors (Lipinski definition) is 4. The molecule has 0 saturated heterocycles. The number of aromatic nitrogens is 1. The molecule has 0 aliphatic carbocycles. The van der Waals surface area contributed by atoms with Crippen LogP contribution in [0.2, 0.25) is 5.02 Å². The molecule has 0 bridgehead atoms. The number of anilines is 1. The van der Waals surface area contributed by atoms with Gasteiger partial charge in [-0.1, -0.05) is 25.4 Å². The molecule has 1 heterocycles. The summed E-state index contributed by atoms with van der Waals surface area (Å²) in [6.07, 6.45) is 2.53. The highest BCUT2D eigenvalue weighted by molar-refractivity contribution is 6.31. The smallest absolute Gasteiger partial charge is 0.103 e. The number of fused-ring (bicyclic) bond motifs is 1. The summed E-state index contributed by atoms with van der Waals surface area (Å²) in [7, 11) is 1.70. The number of nitriles is 1. The number of hydrogen-bond donors (Lipinski definition) is 1. The highest BCUT2D eigenvalue weighted by Crippen LogP contribution is 2.30. The molecule has 0 aliphatic rings. The molecule has 4 nitrogen and oxygen atoms in total. The zero-order valence-electron chi connectivity index (χ0n) is 13.1. The number of benzene rings is 1. The second kappa shape index (κ2) is 6.95. The Morgan fingerprint density at radius 2 is 2.18 bits per heavy atom. The summed E-state index contributed by atoms with van der Waals surface area (Å²) in [6.45, 7) is 5.78. The number of nitrogens with one attached hydrogen (secondary N) is 1. The Labute approximate surface area is 136 Å². The fourth-order valence-electron chi connectivity index (χ4n) is 2.23. The van der Waals surface area contributed by atoms with Gasteiger partial charge in [-0.3, -0.25) is 4.98 Å². The van der Waals surface area contributed by atoms with Gasteiger partial charge >= 0.3 is 0 Å². The van der Waals surface area contributed by atoms with E-state index in [2.05, 4.69) is 30.2 Å². The maximum absolute atomic E-state index is 9.34. The first-order valence-corrected chi connectivity index (χ1v) is 7.56. The summed E-state index contributed by atoms with van der Waals surface area (Å²) in [5.41, 5.74) is 2.19. The van der Waals surface area contributed by atoms with Crippen LogP contribution in [-0.4, -0.2) is 25.2 Å². The molecule has 1 aromatic heterocycles. The summed E-state index contributed by atoms with van der Waals surface area (Å²) < 4.78 is 5.15. The van der Waals surface area contributed by atoms with Crippen LogP contribution >= 0.6 is 11.6 Å². The molecule has 0 unspecified atom stereocenters. The van der Waals surface area contributed by atoms with Crippen LogP contribution in [0.1, 0.15) is 25.8 Å². The summed E-state index contributed by atoms with van der Waals surface area (Å²) in [5.74, 6) is 0. The first-order chi connectivity index (χ1) is 10.5. The average molecular weight is 318 g/mol. The van der Waals surface area contributed by atoms with Crippen LogP contribution in [-0.2, 0) is 4.74 Å². The van der Waals surface area contributed by atoms with Crippen LogP contribution in [0.25, 0.3) is 10.9 Å². The van der Waals surface area contributed by atoms with Crippen molar-refractivity contribution in [3.8, 4) is 6.07 Å². The lowest BCUT2D eigenvalue weighted by atomic mass is 9.89. The Balaban J connectivity index is 2.33. The van der Waals surface area contributed by atoms with Crippen molar-refractivity contribution < 1.29 is 4.74 Å². The number of rotatable bonds is 6. The number of halogens is 1. The standard InChI is InChI=1S/C17H20ClN3O/c1-17(2,6-7-22-3)11-21-16-12(9-19)10-20-15-5-4-13(18)8-14(15)16/h4-5,8,10H,6-7,11H2,1-3H3,(H,20,21). The van der Waals surface area contributed by atoms with Crippen LogP contribution in [0.15, 0.2) is 24.4 Å². The molecule has 1 aromatic carbocycles. The number of ether oxygens (including phenoxy) is 1. The lowest BCUT2D eigenvalue weighted by molar-refractivity contribution is 0.157. The second-order valence-corrected chi connectivity index (χ2v) is 6.52. The predicted molar refractivity (Wildman–Crippen MR) is 90.2 cm³/mol. The molecule has 2 aromatic rings. The van der Waals surface area contributed by atoms with Crippen LogP contribution in [0.3, 0.4) is 0 Å². The van der Waals surface area contributed by atoms with E-state index in [1.165, 1.54) is 0 Å². The predicted octanol–water partition coefficient (Wildman–Crippen LogP) is 4.23. The molecule has 0 aliphatic heterocycles.